The average molecular weight is 362 g/mol. The van der Waals surface area contributed by atoms with Crippen molar-refractivity contribution in [3.05, 3.63) is 77.2 Å². The zero-order valence-electron chi connectivity index (χ0n) is 14.2. The summed E-state index contributed by atoms with van der Waals surface area (Å²) in [4.78, 5) is 27.6. The minimum atomic E-state index is -1.15. The second-order valence-electron chi connectivity index (χ2n) is 6.79. The number of carbonyl (C=O) groups excluding carboxylic acids is 2. The average Bonchev–Trinajstić information content (AvgIpc) is 3.22. The number of H-pyrrole nitrogens is 1. The van der Waals surface area contributed by atoms with E-state index >= 15 is 0 Å². The van der Waals surface area contributed by atoms with Gasteiger partial charge in [0.15, 0.2) is 0 Å². The van der Waals surface area contributed by atoms with Crippen LogP contribution in [-0.2, 0) is 21.5 Å². The van der Waals surface area contributed by atoms with Crippen LogP contribution in [0.3, 0.4) is 0 Å². The normalized spacial score (nSPS) is 20.6. The molecule has 2 aliphatic heterocycles. The van der Waals surface area contributed by atoms with Crippen LogP contribution in [-0.4, -0.2) is 22.0 Å². The molecule has 3 heterocycles. The monoisotopic (exact) mass is 362 g/mol. The van der Waals surface area contributed by atoms with Crippen molar-refractivity contribution in [3.63, 3.8) is 0 Å². The molecule has 0 bridgehead atoms. The number of fused-ring (bicyclic) bond motifs is 4. The minimum Gasteiger partial charge on any atom is -0.311 e. The van der Waals surface area contributed by atoms with Gasteiger partial charge in [-0.25, -0.2) is 4.39 Å². The lowest BCUT2D eigenvalue weighted by atomic mass is 9.72. The zero-order valence-corrected chi connectivity index (χ0v) is 14.2. The maximum atomic E-state index is 14.2. The fourth-order valence-electron chi connectivity index (χ4n) is 4.13. The third-order valence-electron chi connectivity index (χ3n) is 5.34. The van der Waals surface area contributed by atoms with Crippen molar-refractivity contribution in [2.45, 2.75) is 18.4 Å². The molecule has 27 heavy (non-hydrogen) atoms. The van der Waals surface area contributed by atoms with Crippen molar-refractivity contribution in [2.75, 3.05) is 10.2 Å². The van der Waals surface area contributed by atoms with Gasteiger partial charge in [-0.05, 0) is 17.7 Å². The number of benzene rings is 2. The van der Waals surface area contributed by atoms with E-state index in [1.54, 1.807) is 29.3 Å². The number of nitrogens with one attached hydrogen (secondary N) is 2. The van der Waals surface area contributed by atoms with Crippen LogP contribution < -0.4 is 10.2 Å². The lowest BCUT2D eigenvalue weighted by Gasteiger charge is -2.31. The molecule has 7 heteroatoms. The predicted octanol–water partition coefficient (Wildman–Crippen LogP) is 2.72. The fourth-order valence-corrected chi connectivity index (χ4v) is 4.13. The van der Waals surface area contributed by atoms with E-state index in [1.165, 1.54) is 6.07 Å². The highest BCUT2D eigenvalue weighted by Crippen LogP contribution is 2.51. The van der Waals surface area contributed by atoms with E-state index in [-0.39, 0.29) is 30.6 Å². The highest BCUT2D eigenvalue weighted by Gasteiger charge is 2.56. The van der Waals surface area contributed by atoms with Gasteiger partial charge in [-0.3, -0.25) is 14.7 Å². The number of carbonyl (C=O) groups is 2. The molecule has 0 saturated carbocycles. The molecule has 3 aromatic rings. The third-order valence-corrected chi connectivity index (χ3v) is 5.34. The molecule has 0 fully saturated rings. The van der Waals surface area contributed by atoms with Gasteiger partial charge in [-0.1, -0.05) is 36.4 Å². The van der Waals surface area contributed by atoms with Gasteiger partial charge in [-0.15, -0.1) is 0 Å². The molecule has 6 nitrogen and oxygen atoms in total. The molecule has 0 saturated heterocycles. The maximum absolute atomic E-state index is 14.2. The summed E-state index contributed by atoms with van der Waals surface area (Å²) in [6.45, 7) is 0.0963. The Hall–Kier alpha value is -3.48. The van der Waals surface area contributed by atoms with Crippen molar-refractivity contribution < 1.29 is 14.0 Å². The Balaban J connectivity index is 1.69. The van der Waals surface area contributed by atoms with Crippen LogP contribution in [0.1, 0.15) is 23.1 Å². The summed E-state index contributed by atoms with van der Waals surface area (Å²) in [5.74, 6) is -0.441. The van der Waals surface area contributed by atoms with Crippen LogP contribution in [0.5, 0.6) is 0 Å². The number of nitrogens with zero attached hydrogens (tertiary/aromatic N) is 2. The van der Waals surface area contributed by atoms with Crippen LogP contribution in [0.25, 0.3) is 0 Å². The first-order valence-corrected chi connectivity index (χ1v) is 8.60. The van der Waals surface area contributed by atoms with Crippen molar-refractivity contribution >= 4 is 23.3 Å². The van der Waals surface area contributed by atoms with E-state index < -0.39 is 5.41 Å². The molecule has 2 N–H and O–H groups in total. The van der Waals surface area contributed by atoms with E-state index in [1.807, 2.05) is 24.3 Å². The molecule has 5 rings (SSSR count). The Bertz CT molecular complexity index is 1090. The van der Waals surface area contributed by atoms with Crippen LogP contribution in [0.4, 0.5) is 15.9 Å². The van der Waals surface area contributed by atoms with Gasteiger partial charge in [0.25, 0.3) is 0 Å². The van der Waals surface area contributed by atoms with Gasteiger partial charge in [-0.2, -0.15) is 5.10 Å². The first-order valence-electron chi connectivity index (χ1n) is 8.60. The topological polar surface area (TPSA) is 78.1 Å². The molecule has 0 radical (unpaired) electrons. The summed E-state index contributed by atoms with van der Waals surface area (Å²) in [7, 11) is 0. The summed E-state index contributed by atoms with van der Waals surface area (Å²) < 4.78 is 14.2. The van der Waals surface area contributed by atoms with E-state index in [2.05, 4.69) is 15.5 Å². The lowest BCUT2D eigenvalue weighted by Crippen LogP contribution is -2.46. The number of anilines is 2. The quantitative estimate of drug-likeness (QED) is 0.736. The number of rotatable bonds is 2. The molecule has 2 aromatic carbocycles. The highest BCUT2D eigenvalue weighted by atomic mass is 19.1. The number of aromatic amines is 1. The smallest absolute Gasteiger partial charge is 0.243 e. The van der Waals surface area contributed by atoms with E-state index in [4.69, 9.17) is 0 Å². The molecular formula is C20H15FN4O2. The standard InChI is InChI=1S/C20H15FN4O2/c21-15-7-3-1-5-12(15)11-25-16-8-4-2-6-13(16)20(19(25)27)9-17(26)23-18-14(20)10-22-24-18/h1-8,10H,9,11H2,(H2,22,23,24,26)/t20-/m1/s1. The van der Waals surface area contributed by atoms with Crippen LogP contribution in [0.2, 0.25) is 0 Å². The Labute approximate surface area is 154 Å². The Kier molecular flexibility index (Phi) is 3.21. The summed E-state index contributed by atoms with van der Waals surface area (Å²) in [5.41, 5.74) is 1.34. The molecule has 134 valence electrons. The first kappa shape index (κ1) is 15.7. The van der Waals surface area contributed by atoms with Crippen molar-refractivity contribution in [1.29, 1.82) is 0 Å². The molecule has 0 unspecified atom stereocenters. The molecule has 1 spiro atoms. The Morgan fingerprint density at radius 1 is 1.07 bits per heavy atom. The van der Waals surface area contributed by atoms with Crippen molar-refractivity contribution in [1.82, 2.24) is 10.2 Å². The zero-order chi connectivity index (χ0) is 18.6. The Morgan fingerprint density at radius 2 is 1.85 bits per heavy atom. The van der Waals surface area contributed by atoms with Gasteiger partial charge in [0.05, 0.1) is 12.7 Å². The van der Waals surface area contributed by atoms with Gasteiger partial charge >= 0.3 is 0 Å². The van der Waals surface area contributed by atoms with Crippen LogP contribution >= 0.6 is 0 Å². The number of amides is 2. The number of hydrogen-bond acceptors (Lipinski definition) is 3. The predicted molar refractivity (Wildman–Crippen MR) is 96.6 cm³/mol. The number of halogens is 1. The van der Waals surface area contributed by atoms with Gasteiger partial charge < -0.3 is 10.2 Å². The molecule has 1 atom stereocenters. The SMILES string of the molecule is O=C1C[C@]2(C(=O)N(Cc3ccccc3F)c3ccccc32)c2cn[nH]c2N1. The van der Waals surface area contributed by atoms with E-state index in [0.29, 0.717) is 22.6 Å². The molecule has 2 amide bonds. The fraction of sp³-hybridized carbons (Fsp3) is 0.150. The maximum Gasteiger partial charge on any atom is 0.243 e. The number of aromatic nitrogens is 2. The number of hydrogen-bond donors (Lipinski definition) is 2. The number of para-hydroxylation sites is 1. The van der Waals surface area contributed by atoms with Crippen molar-refractivity contribution in [3.8, 4) is 0 Å². The minimum absolute atomic E-state index is 0.0108. The largest absolute Gasteiger partial charge is 0.311 e. The highest BCUT2D eigenvalue weighted by molar-refractivity contribution is 6.15. The van der Waals surface area contributed by atoms with Crippen LogP contribution in [0, 0.1) is 5.82 Å². The third kappa shape index (κ3) is 2.08. The van der Waals surface area contributed by atoms with Gasteiger partial charge in [0, 0.05) is 23.2 Å². The summed E-state index contributed by atoms with van der Waals surface area (Å²) >= 11 is 0. The summed E-state index contributed by atoms with van der Waals surface area (Å²) in [5, 5.41) is 9.50. The van der Waals surface area contributed by atoms with Crippen molar-refractivity contribution in [2.24, 2.45) is 0 Å². The van der Waals surface area contributed by atoms with Gasteiger partial charge in [0.1, 0.15) is 17.1 Å². The van der Waals surface area contributed by atoms with E-state index in [0.717, 1.165) is 5.56 Å². The molecule has 1 aromatic heterocycles. The lowest BCUT2D eigenvalue weighted by molar-refractivity contribution is -0.126. The first-order chi connectivity index (χ1) is 13.1. The Morgan fingerprint density at radius 3 is 2.70 bits per heavy atom. The van der Waals surface area contributed by atoms with Gasteiger partial charge in [0.2, 0.25) is 11.8 Å². The summed E-state index contributed by atoms with van der Waals surface area (Å²) in [6.07, 6.45) is 1.57. The second-order valence-corrected chi connectivity index (χ2v) is 6.79. The summed E-state index contributed by atoms with van der Waals surface area (Å²) in [6, 6.07) is 13.7. The second kappa shape index (κ2) is 5.51. The molecular weight excluding hydrogens is 347 g/mol. The molecule has 2 aliphatic rings. The molecule has 0 aliphatic carbocycles. The van der Waals surface area contributed by atoms with Crippen LogP contribution in [0.15, 0.2) is 54.7 Å². The van der Waals surface area contributed by atoms with E-state index in [9.17, 15) is 14.0 Å².